The first-order valence-electron chi connectivity index (χ1n) is 6.89. The summed E-state index contributed by atoms with van der Waals surface area (Å²) < 4.78 is 10.8. The van der Waals surface area contributed by atoms with Crippen molar-refractivity contribution in [2.24, 2.45) is 0 Å². The molecule has 0 aliphatic rings. The van der Waals surface area contributed by atoms with E-state index in [-0.39, 0.29) is 12.0 Å². The van der Waals surface area contributed by atoms with Crippen molar-refractivity contribution in [1.82, 2.24) is 5.32 Å². The molecule has 1 unspecified atom stereocenters. The van der Waals surface area contributed by atoms with Crippen LogP contribution in [0.2, 0.25) is 0 Å². The van der Waals surface area contributed by atoms with Gasteiger partial charge >= 0.3 is 0 Å². The van der Waals surface area contributed by atoms with Crippen molar-refractivity contribution < 1.29 is 14.3 Å². The Hall–Kier alpha value is -2.11. The fourth-order valence-corrected chi connectivity index (χ4v) is 2.67. The van der Waals surface area contributed by atoms with Crippen molar-refractivity contribution in [3.05, 3.63) is 58.3 Å². The lowest BCUT2D eigenvalue weighted by atomic mass is 10.1. The standard InChI is InChI=1S/C17H19NO3S/c1-20-15-8-4-3-7-14(15)16(21-2)12-18-17(19)10-9-13-6-5-11-22-13/h3-11,16H,12H2,1-2H3,(H,18,19). The number of benzene rings is 1. The molecule has 1 heterocycles. The number of hydrogen-bond acceptors (Lipinski definition) is 4. The summed E-state index contributed by atoms with van der Waals surface area (Å²) in [6, 6.07) is 11.5. The Morgan fingerprint density at radius 1 is 1.27 bits per heavy atom. The second kappa shape index (κ2) is 8.36. The number of ether oxygens (including phenoxy) is 2. The van der Waals surface area contributed by atoms with Gasteiger partial charge in [-0.25, -0.2) is 0 Å². The minimum atomic E-state index is -0.254. The van der Waals surface area contributed by atoms with Crippen LogP contribution in [-0.2, 0) is 9.53 Å². The Bertz CT molecular complexity index is 623. The van der Waals surface area contributed by atoms with Crippen LogP contribution >= 0.6 is 11.3 Å². The molecule has 0 fully saturated rings. The lowest BCUT2D eigenvalue weighted by Crippen LogP contribution is -2.27. The fourth-order valence-electron chi connectivity index (χ4n) is 2.05. The van der Waals surface area contributed by atoms with Gasteiger partial charge in [0.15, 0.2) is 0 Å². The minimum absolute atomic E-state index is 0.148. The van der Waals surface area contributed by atoms with E-state index in [9.17, 15) is 4.79 Å². The predicted molar refractivity (Wildman–Crippen MR) is 89.1 cm³/mol. The van der Waals surface area contributed by atoms with Crippen molar-refractivity contribution in [3.8, 4) is 5.75 Å². The molecule has 2 rings (SSSR count). The minimum Gasteiger partial charge on any atom is -0.496 e. The summed E-state index contributed by atoms with van der Waals surface area (Å²) >= 11 is 1.59. The predicted octanol–water partition coefficient (Wildman–Crippen LogP) is 3.27. The fraction of sp³-hybridized carbons (Fsp3) is 0.235. The number of carbonyl (C=O) groups is 1. The lowest BCUT2D eigenvalue weighted by Gasteiger charge is -2.18. The van der Waals surface area contributed by atoms with Gasteiger partial charge in [0.05, 0.1) is 7.11 Å². The summed E-state index contributed by atoms with van der Waals surface area (Å²) in [5.41, 5.74) is 0.912. The van der Waals surface area contributed by atoms with Crippen LogP contribution in [-0.4, -0.2) is 26.7 Å². The van der Waals surface area contributed by atoms with E-state index in [2.05, 4.69) is 5.32 Å². The first-order chi connectivity index (χ1) is 10.7. The molecule has 5 heteroatoms. The molecule has 0 saturated carbocycles. The highest BCUT2D eigenvalue weighted by Gasteiger charge is 2.15. The van der Waals surface area contributed by atoms with Crippen LogP contribution < -0.4 is 10.1 Å². The van der Waals surface area contributed by atoms with Gasteiger partial charge in [-0.2, -0.15) is 0 Å². The van der Waals surface area contributed by atoms with E-state index in [4.69, 9.17) is 9.47 Å². The second-order valence-electron chi connectivity index (χ2n) is 4.56. The van der Waals surface area contributed by atoms with Gasteiger partial charge in [0.25, 0.3) is 0 Å². The third-order valence-electron chi connectivity index (χ3n) is 3.17. The molecule has 1 amide bonds. The van der Waals surface area contributed by atoms with Gasteiger partial charge in [0.2, 0.25) is 5.91 Å². The molecule has 116 valence electrons. The quantitative estimate of drug-likeness (QED) is 0.797. The van der Waals surface area contributed by atoms with Crippen molar-refractivity contribution in [2.75, 3.05) is 20.8 Å². The monoisotopic (exact) mass is 317 g/mol. The number of rotatable bonds is 7. The average molecular weight is 317 g/mol. The van der Waals surface area contributed by atoms with E-state index < -0.39 is 0 Å². The summed E-state index contributed by atoms with van der Waals surface area (Å²) in [6.07, 6.45) is 3.07. The Kier molecular flexibility index (Phi) is 6.18. The first kappa shape index (κ1) is 16.3. The number of amides is 1. The zero-order valence-corrected chi connectivity index (χ0v) is 13.4. The van der Waals surface area contributed by atoms with Crippen molar-refractivity contribution >= 4 is 23.3 Å². The molecule has 22 heavy (non-hydrogen) atoms. The Balaban J connectivity index is 1.94. The molecular weight excluding hydrogens is 298 g/mol. The first-order valence-corrected chi connectivity index (χ1v) is 7.77. The Morgan fingerprint density at radius 2 is 2.09 bits per heavy atom. The molecule has 0 aliphatic carbocycles. The molecule has 0 spiro atoms. The van der Waals surface area contributed by atoms with Crippen LogP contribution in [0.25, 0.3) is 6.08 Å². The number of nitrogens with one attached hydrogen (secondary N) is 1. The van der Waals surface area contributed by atoms with Crippen LogP contribution in [0, 0.1) is 0 Å². The van der Waals surface area contributed by atoms with Crippen molar-refractivity contribution in [2.45, 2.75) is 6.10 Å². The second-order valence-corrected chi connectivity index (χ2v) is 5.54. The van der Waals surface area contributed by atoms with E-state index in [1.807, 2.05) is 41.8 Å². The summed E-state index contributed by atoms with van der Waals surface area (Å²) in [5.74, 6) is 0.600. The third kappa shape index (κ3) is 4.44. The topological polar surface area (TPSA) is 47.6 Å². The molecule has 1 aromatic heterocycles. The van der Waals surface area contributed by atoms with Crippen molar-refractivity contribution in [3.63, 3.8) is 0 Å². The highest BCUT2D eigenvalue weighted by Crippen LogP contribution is 2.26. The smallest absolute Gasteiger partial charge is 0.244 e. The molecular formula is C17H19NO3S. The van der Waals surface area contributed by atoms with Gasteiger partial charge < -0.3 is 14.8 Å². The highest BCUT2D eigenvalue weighted by molar-refractivity contribution is 7.10. The van der Waals surface area contributed by atoms with Gasteiger partial charge in [-0.15, -0.1) is 11.3 Å². The molecule has 2 aromatic rings. The maximum absolute atomic E-state index is 11.9. The number of para-hydroxylation sites is 1. The highest BCUT2D eigenvalue weighted by atomic mass is 32.1. The van der Waals surface area contributed by atoms with Gasteiger partial charge in [0.1, 0.15) is 11.9 Å². The van der Waals surface area contributed by atoms with Crippen LogP contribution in [0.3, 0.4) is 0 Å². The molecule has 1 atom stereocenters. The third-order valence-corrected chi connectivity index (χ3v) is 4.01. The lowest BCUT2D eigenvalue weighted by molar-refractivity contribution is -0.117. The van der Waals surface area contributed by atoms with Gasteiger partial charge in [-0.3, -0.25) is 4.79 Å². The molecule has 0 bridgehead atoms. The zero-order valence-electron chi connectivity index (χ0n) is 12.6. The van der Waals surface area contributed by atoms with E-state index in [0.29, 0.717) is 6.54 Å². The van der Waals surface area contributed by atoms with Gasteiger partial charge in [0, 0.05) is 30.2 Å². The van der Waals surface area contributed by atoms with Crippen LogP contribution in [0.15, 0.2) is 47.9 Å². The van der Waals surface area contributed by atoms with E-state index in [1.54, 1.807) is 31.6 Å². The SMILES string of the molecule is COc1ccccc1C(CNC(=O)C=Cc1cccs1)OC. The molecule has 1 aromatic carbocycles. The van der Waals surface area contributed by atoms with Crippen molar-refractivity contribution in [1.29, 1.82) is 0 Å². The number of carbonyl (C=O) groups excluding carboxylic acids is 1. The molecule has 4 nitrogen and oxygen atoms in total. The molecule has 0 aliphatic heterocycles. The number of hydrogen-bond donors (Lipinski definition) is 1. The number of thiophene rings is 1. The molecule has 1 N–H and O–H groups in total. The summed E-state index contributed by atoms with van der Waals surface area (Å²) in [7, 11) is 3.23. The molecule has 0 radical (unpaired) electrons. The average Bonchev–Trinajstić information content (AvgIpc) is 3.07. The molecule has 0 saturated heterocycles. The van der Waals surface area contributed by atoms with Crippen LogP contribution in [0.5, 0.6) is 5.75 Å². The Labute approximate surface area is 134 Å². The maximum atomic E-state index is 11.9. The van der Waals surface area contributed by atoms with Crippen LogP contribution in [0.4, 0.5) is 0 Å². The van der Waals surface area contributed by atoms with Crippen LogP contribution in [0.1, 0.15) is 16.5 Å². The van der Waals surface area contributed by atoms with Gasteiger partial charge in [-0.05, 0) is 23.6 Å². The van der Waals surface area contributed by atoms with E-state index in [0.717, 1.165) is 16.2 Å². The number of methoxy groups -OCH3 is 2. The van der Waals surface area contributed by atoms with E-state index >= 15 is 0 Å². The van der Waals surface area contributed by atoms with Gasteiger partial charge in [-0.1, -0.05) is 24.3 Å². The summed E-state index contributed by atoms with van der Waals surface area (Å²) in [4.78, 5) is 12.9. The summed E-state index contributed by atoms with van der Waals surface area (Å²) in [6.45, 7) is 0.379. The zero-order chi connectivity index (χ0) is 15.8. The summed E-state index contributed by atoms with van der Waals surface area (Å²) in [5, 5.41) is 4.82. The normalized spacial score (nSPS) is 12.3. The maximum Gasteiger partial charge on any atom is 0.244 e. The largest absolute Gasteiger partial charge is 0.496 e. The van der Waals surface area contributed by atoms with E-state index in [1.165, 1.54) is 6.08 Å². The Morgan fingerprint density at radius 3 is 2.77 bits per heavy atom.